The van der Waals surface area contributed by atoms with Gasteiger partial charge in [-0.3, -0.25) is 5.43 Å². The summed E-state index contributed by atoms with van der Waals surface area (Å²) >= 11 is 2.67. The number of azo groups is 1. The fourth-order valence-corrected chi connectivity index (χ4v) is 6.59. The number of hydrazine groups is 1. The molecule has 0 saturated carbocycles. The van der Waals surface area contributed by atoms with E-state index in [0.29, 0.717) is 5.69 Å². The second kappa shape index (κ2) is 12.3. The first-order valence-corrected chi connectivity index (χ1v) is 16.2. The number of quaternary nitrogens is 1. The molecular weight excluding hydrogens is 567 g/mol. The Morgan fingerprint density at radius 3 is 2.50 bits per heavy atom. The Hall–Kier alpha value is -3.59. The number of anilines is 4. The summed E-state index contributed by atoms with van der Waals surface area (Å²) in [6.45, 7) is 7.86. The van der Waals surface area contributed by atoms with Crippen molar-refractivity contribution in [3.8, 4) is 0 Å². The molecule has 2 aromatic carbocycles. The highest BCUT2D eigenvalue weighted by atomic mass is 32.2. The highest BCUT2D eigenvalue weighted by Gasteiger charge is 2.18. The van der Waals surface area contributed by atoms with Crippen molar-refractivity contribution in [1.82, 2.24) is 9.36 Å². The van der Waals surface area contributed by atoms with Gasteiger partial charge in [0.2, 0.25) is 15.0 Å². The smallest absolute Gasteiger partial charge is 0.260 e. The summed E-state index contributed by atoms with van der Waals surface area (Å²) in [6, 6.07) is 16.3. The van der Waals surface area contributed by atoms with E-state index in [0.717, 1.165) is 57.8 Å². The number of aryl methyl sites for hydroxylation is 2. The normalized spacial score (nSPS) is 13.7. The van der Waals surface area contributed by atoms with Gasteiger partial charge in [-0.05, 0) is 74.7 Å². The molecule has 1 fully saturated rings. The summed E-state index contributed by atoms with van der Waals surface area (Å²) in [5.41, 5.74) is 17.6. The molecule has 14 heteroatoms. The van der Waals surface area contributed by atoms with Crippen molar-refractivity contribution in [2.24, 2.45) is 10.2 Å². The number of hydrogen-bond donors (Lipinski definition) is 4. The molecule has 0 spiro atoms. The topological polar surface area (TPSA) is 141 Å². The maximum absolute atomic E-state index is 11.9. The van der Waals surface area contributed by atoms with E-state index in [4.69, 9.17) is 0 Å². The number of aromatic nitrogens is 2. The van der Waals surface area contributed by atoms with E-state index in [9.17, 15) is 8.42 Å². The quantitative estimate of drug-likeness (QED) is 0.0747. The molecule has 40 heavy (non-hydrogen) atoms. The molecule has 5 N–H and O–H groups in total. The zero-order valence-corrected chi connectivity index (χ0v) is 25.0. The van der Waals surface area contributed by atoms with Gasteiger partial charge >= 0.3 is 0 Å². The van der Waals surface area contributed by atoms with Crippen LogP contribution in [0.2, 0.25) is 0 Å². The lowest BCUT2D eigenvalue weighted by atomic mass is 10.2. The summed E-state index contributed by atoms with van der Waals surface area (Å²) in [7, 11) is -3.46. The number of benzene rings is 2. The Morgan fingerprint density at radius 2 is 1.75 bits per heavy atom. The number of nitrogens with two attached hydrogens (primary N) is 1. The van der Waals surface area contributed by atoms with Crippen LogP contribution in [-0.4, -0.2) is 36.6 Å². The zero-order valence-electron chi connectivity index (χ0n) is 22.5. The highest BCUT2D eigenvalue weighted by molar-refractivity contribution is 7.91. The van der Waals surface area contributed by atoms with Gasteiger partial charge in [-0.1, -0.05) is 18.3 Å². The van der Waals surface area contributed by atoms with E-state index in [1.54, 1.807) is 18.3 Å². The first-order valence-electron chi connectivity index (χ1n) is 13.0. The van der Waals surface area contributed by atoms with Crippen LogP contribution in [0, 0.1) is 13.8 Å². The lowest BCUT2D eigenvalue weighted by molar-refractivity contribution is -0.538. The molecule has 0 amide bonds. The monoisotopic (exact) mass is 598 g/mol. The van der Waals surface area contributed by atoms with Crippen LogP contribution in [0.4, 0.5) is 37.9 Å². The number of nitrogens with one attached hydrogen (secondary N) is 3. The van der Waals surface area contributed by atoms with Crippen LogP contribution in [0.25, 0.3) is 0 Å². The molecule has 2 aromatic heterocycles. The van der Waals surface area contributed by atoms with Gasteiger partial charge in [0, 0.05) is 36.3 Å². The van der Waals surface area contributed by atoms with Crippen LogP contribution in [0.3, 0.4) is 0 Å². The number of thiophene rings is 1. The zero-order chi connectivity index (χ0) is 28.1. The van der Waals surface area contributed by atoms with Crippen LogP contribution in [0.5, 0.6) is 0 Å². The molecule has 1 aliphatic rings. The van der Waals surface area contributed by atoms with Crippen molar-refractivity contribution in [3.05, 3.63) is 59.7 Å². The molecule has 0 atom stereocenters. The third kappa shape index (κ3) is 6.75. The molecule has 0 bridgehead atoms. The molecule has 1 saturated heterocycles. The third-order valence-electron chi connectivity index (χ3n) is 6.50. The van der Waals surface area contributed by atoms with Crippen molar-refractivity contribution in [2.75, 3.05) is 40.0 Å². The summed E-state index contributed by atoms with van der Waals surface area (Å²) in [5, 5.41) is 10.7. The average molecular weight is 599 g/mol. The summed E-state index contributed by atoms with van der Waals surface area (Å²) < 4.78 is 27.7. The van der Waals surface area contributed by atoms with Gasteiger partial charge in [0.15, 0.2) is 5.69 Å². The number of sulfone groups is 1. The summed E-state index contributed by atoms with van der Waals surface area (Å²) in [6.07, 6.45) is 2.55. The minimum atomic E-state index is -3.46. The minimum absolute atomic E-state index is 0.0575. The molecule has 0 radical (unpaired) electrons. The molecule has 5 rings (SSSR count). The Bertz CT molecular complexity index is 1610. The SMILES string of the molecule is CCS(=O)(=O)c1nsc(N=Nc2ccc(N[NH2+]c3ccc(NNc4ccc(N5CCCC5)s4)cc3C)cc2C)n1. The van der Waals surface area contributed by atoms with Crippen LogP contribution in [0.15, 0.2) is 63.9 Å². The average Bonchev–Trinajstić information content (AvgIpc) is 3.73. The number of rotatable bonds is 11. The minimum Gasteiger partial charge on any atom is -0.363 e. The molecule has 0 aliphatic carbocycles. The fraction of sp³-hybridized carbons (Fsp3) is 0.308. The Labute approximate surface area is 241 Å². The number of nitrogens with zero attached hydrogens (tertiary/aromatic N) is 5. The van der Waals surface area contributed by atoms with Gasteiger partial charge in [-0.25, -0.2) is 19.3 Å². The van der Waals surface area contributed by atoms with Gasteiger partial charge in [0.25, 0.3) is 5.16 Å². The fourth-order valence-electron chi connectivity index (χ4n) is 4.17. The molecule has 11 nitrogen and oxygen atoms in total. The Morgan fingerprint density at radius 1 is 0.975 bits per heavy atom. The van der Waals surface area contributed by atoms with Crippen molar-refractivity contribution in [1.29, 1.82) is 0 Å². The Kier molecular flexibility index (Phi) is 8.59. The Balaban J connectivity index is 1.14. The first-order chi connectivity index (χ1) is 19.3. The van der Waals surface area contributed by atoms with E-state index in [1.807, 2.05) is 36.6 Å². The number of hydrogen-bond acceptors (Lipinski definition) is 12. The molecule has 0 unspecified atom stereocenters. The van der Waals surface area contributed by atoms with Crippen molar-refractivity contribution < 1.29 is 13.8 Å². The van der Waals surface area contributed by atoms with E-state index < -0.39 is 9.84 Å². The van der Waals surface area contributed by atoms with Crippen molar-refractivity contribution in [2.45, 2.75) is 38.8 Å². The van der Waals surface area contributed by atoms with Gasteiger partial charge in [-0.15, -0.1) is 10.2 Å². The molecular formula is C26H32N9O2S3+. The van der Waals surface area contributed by atoms with Gasteiger partial charge in [0.05, 0.1) is 27.8 Å². The lowest BCUT2D eigenvalue weighted by Crippen LogP contribution is -2.83. The van der Waals surface area contributed by atoms with Crippen LogP contribution in [0.1, 0.15) is 30.9 Å². The van der Waals surface area contributed by atoms with Crippen molar-refractivity contribution in [3.63, 3.8) is 0 Å². The van der Waals surface area contributed by atoms with Gasteiger partial charge in [0.1, 0.15) is 5.00 Å². The van der Waals surface area contributed by atoms with E-state index in [1.165, 1.54) is 17.8 Å². The van der Waals surface area contributed by atoms with E-state index >= 15 is 0 Å². The number of nitrogen functional groups attached to an aromatic ring is 1. The predicted molar refractivity (Wildman–Crippen MR) is 162 cm³/mol. The molecule has 1 aliphatic heterocycles. The van der Waals surface area contributed by atoms with E-state index in [-0.39, 0.29) is 16.0 Å². The van der Waals surface area contributed by atoms with Crippen LogP contribution in [-0.2, 0) is 9.84 Å². The highest BCUT2D eigenvalue weighted by Crippen LogP contribution is 2.32. The second-order valence-electron chi connectivity index (χ2n) is 9.41. The van der Waals surface area contributed by atoms with Crippen molar-refractivity contribution >= 4 is 70.6 Å². The first kappa shape index (κ1) is 28.0. The summed E-state index contributed by atoms with van der Waals surface area (Å²) in [4.78, 5) is 6.41. The largest absolute Gasteiger partial charge is 0.363 e. The molecule has 210 valence electrons. The second-order valence-corrected chi connectivity index (χ2v) is 13.4. The molecule has 3 heterocycles. The predicted octanol–water partition coefficient (Wildman–Crippen LogP) is 5.69. The van der Waals surface area contributed by atoms with Crippen LogP contribution >= 0.6 is 22.9 Å². The van der Waals surface area contributed by atoms with Gasteiger partial charge < -0.3 is 10.3 Å². The van der Waals surface area contributed by atoms with Crippen LogP contribution < -0.4 is 26.6 Å². The maximum atomic E-state index is 11.9. The summed E-state index contributed by atoms with van der Waals surface area (Å²) in [5.74, 6) is -0.0575. The van der Waals surface area contributed by atoms with E-state index in [2.05, 4.69) is 72.0 Å². The van der Waals surface area contributed by atoms with Gasteiger partial charge in [-0.2, -0.15) is 9.36 Å². The lowest BCUT2D eigenvalue weighted by Gasteiger charge is -2.14. The maximum Gasteiger partial charge on any atom is 0.260 e. The third-order valence-corrected chi connectivity index (χ3v) is 9.78. The molecule has 4 aromatic rings. The standard InChI is InChI=1S/C26H31N9O2S3/c1-4-40(36,37)26-27-25(39-34-26)33-31-22-10-7-19(15-18(22)3)28-30-21-9-8-20(16-17(21)2)29-32-23-11-12-24(38-23)35-13-5-6-14-35/h7-12,15-16,28-30,32H,4-6,13-14H2,1-3H3/p+1.